The topological polar surface area (TPSA) is 270 Å². The van der Waals surface area contributed by atoms with Gasteiger partial charge >= 0.3 is 35.8 Å². The predicted molar refractivity (Wildman–Crippen MR) is 133 cm³/mol. The van der Waals surface area contributed by atoms with E-state index in [1.807, 2.05) is 0 Å². The van der Waals surface area contributed by atoms with Gasteiger partial charge in [0.05, 0.1) is 62.3 Å². The molecule has 0 aliphatic heterocycles. The smallest absolute Gasteiger partial charge is 0.361 e. The van der Waals surface area contributed by atoms with Crippen molar-refractivity contribution in [2.75, 3.05) is 42.7 Å². The van der Waals surface area contributed by atoms with Gasteiger partial charge in [0.2, 0.25) is 17.1 Å². The van der Waals surface area contributed by atoms with Crippen LogP contribution in [0.2, 0.25) is 0 Å². The van der Waals surface area contributed by atoms with Gasteiger partial charge in [-0.15, -0.1) is 15.3 Å². The molecule has 3 aromatic heterocycles. The van der Waals surface area contributed by atoms with E-state index in [1.165, 1.54) is 0 Å². The normalized spacial score (nSPS) is 11.0. The lowest BCUT2D eigenvalue weighted by molar-refractivity contribution is -0.0221. The number of ether oxygens (including phenoxy) is 6. The zero-order valence-corrected chi connectivity index (χ0v) is 24.0. The number of aliphatic hydroxyl groups is 1. The second-order valence-corrected chi connectivity index (χ2v) is 8.51. The molecular weight excluding hydrogens is 598 g/mol. The van der Waals surface area contributed by atoms with Crippen molar-refractivity contribution in [3.63, 3.8) is 0 Å². The average Bonchev–Trinajstić information content (AvgIpc) is 3.75. The molecule has 0 unspecified atom stereocenters. The summed E-state index contributed by atoms with van der Waals surface area (Å²) in [4.78, 5) is 74.7. The molecule has 0 saturated heterocycles. The van der Waals surface area contributed by atoms with E-state index in [2.05, 4.69) is 45.1 Å². The SMILES string of the molecule is COC(=O)c1nnn(CC(O)(Cn2nnc(C(=O)OC)c2C(=O)OC)Cn2nnc(C(=O)OC)c2C(=O)OC)c1C(=O)OC. The van der Waals surface area contributed by atoms with Crippen molar-refractivity contribution < 1.29 is 62.3 Å². The van der Waals surface area contributed by atoms with Gasteiger partial charge in [0.25, 0.3) is 0 Å². The van der Waals surface area contributed by atoms with Crippen LogP contribution in [0.3, 0.4) is 0 Å². The van der Waals surface area contributed by atoms with Crippen LogP contribution < -0.4 is 0 Å². The van der Waals surface area contributed by atoms with E-state index < -0.39 is 95.2 Å². The highest BCUT2D eigenvalue weighted by Gasteiger charge is 2.40. The summed E-state index contributed by atoms with van der Waals surface area (Å²) in [6.45, 7) is -2.32. The first-order valence-corrected chi connectivity index (χ1v) is 11.9. The van der Waals surface area contributed by atoms with E-state index in [0.717, 1.165) is 56.7 Å². The zero-order chi connectivity index (χ0) is 32.8. The number of rotatable bonds is 12. The zero-order valence-electron chi connectivity index (χ0n) is 24.0. The van der Waals surface area contributed by atoms with Crippen LogP contribution in [-0.2, 0) is 48.1 Å². The minimum atomic E-state index is -2.36. The number of methoxy groups -OCH3 is 6. The Morgan fingerprint density at radius 1 is 0.500 bits per heavy atom. The molecule has 22 heteroatoms. The van der Waals surface area contributed by atoms with Crippen LogP contribution in [0.4, 0.5) is 0 Å². The molecule has 0 saturated carbocycles. The lowest BCUT2D eigenvalue weighted by atomic mass is 10.0. The minimum absolute atomic E-state index is 0.554. The summed E-state index contributed by atoms with van der Waals surface area (Å²) >= 11 is 0. The first-order chi connectivity index (χ1) is 20.9. The van der Waals surface area contributed by atoms with Crippen molar-refractivity contribution in [1.82, 2.24) is 45.0 Å². The molecule has 3 aromatic rings. The summed E-state index contributed by atoms with van der Waals surface area (Å²) < 4.78 is 30.4. The first-order valence-electron chi connectivity index (χ1n) is 11.9. The van der Waals surface area contributed by atoms with E-state index in [4.69, 9.17) is 14.2 Å². The van der Waals surface area contributed by atoms with Gasteiger partial charge < -0.3 is 33.5 Å². The van der Waals surface area contributed by atoms with Gasteiger partial charge in [-0.3, -0.25) is 0 Å². The lowest BCUT2D eigenvalue weighted by Gasteiger charge is -2.28. The summed E-state index contributed by atoms with van der Waals surface area (Å²) in [5.74, 6) is -6.53. The lowest BCUT2D eigenvalue weighted by Crippen LogP contribution is -2.45. The maximum atomic E-state index is 12.6. The molecule has 0 amide bonds. The molecule has 0 aliphatic carbocycles. The van der Waals surface area contributed by atoms with Crippen molar-refractivity contribution in [3.8, 4) is 0 Å². The molecule has 0 atom stereocenters. The van der Waals surface area contributed by atoms with E-state index in [-0.39, 0.29) is 0 Å². The van der Waals surface area contributed by atoms with Crippen LogP contribution in [0.25, 0.3) is 0 Å². The molecule has 44 heavy (non-hydrogen) atoms. The Balaban J connectivity index is 2.25. The molecule has 0 fully saturated rings. The van der Waals surface area contributed by atoms with Crippen LogP contribution in [0.15, 0.2) is 0 Å². The Kier molecular flexibility index (Phi) is 10.0. The van der Waals surface area contributed by atoms with E-state index in [1.54, 1.807) is 0 Å². The molecule has 0 bridgehead atoms. The minimum Gasteiger partial charge on any atom is -0.464 e. The van der Waals surface area contributed by atoms with Gasteiger partial charge in [-0.25, -0.2) is 42.8 Å². The third-order valence-electron chi connectivity index (χ3n) is 5.81. The molecule has 0 radical (unpaired) electrons. The highest BCUT2D eigenvalue weighted by Crippen LogP contribution is 2.22. The highest BCUT2D eigenvalue weighted by molar-refractivity contribution is 6.01. The van der Waals surface area contributed by atoms with Crippen molar-refractivity contribution in [1.29, 1.82) is 0 Å². The van der Waals surface area contributed by atoms with Crippen LogP contribution >= 0.6 is 0 Å². The molecule has 3 heterocycles. The Morgan fingerprint density at radius 3 is 0.932 bits per heavy atom. The average molecular weight is 623 g/mol. The quantitative estimate of drug-likeness (QED) is 0.159. The molecule has 1 N–H and O–H groups in total. The van der Waals surface area contributed by atoms with Gasteiger partial charge in [0.1, 0.15) is 5.60 Å². The molecule has 0 spiro atoms. The fourth-order valence-electron chi connectivity index (χ4n) is 3.86. The van der Waals surface area contributed by atoms with Gasteiger partial charge in [-0.1, -0.05) is 15.6 Å². The number of hydrogen-bond acceptors (Lipinski definition) is 19. The van der Waals surface area contributed by atoms with Crippen molar-refractivity contribution in [2.24, 2.45) is 0 Å². The Hall–Kier alpha value is -5.80. The monoisotopic (exact) mass is 623 g/mol. The molecule has 3 rings (SSSR count). The Morgan fingerprint density at radius 2 is 0.727 bits per heavy atom. The van der Waals surface area contributed by atoms with Crippen LogP contribution in [0.5, 0.6) is 0 Å². The third-order valence-corrected chi connectivity index (χ3v) is 5.81. The standard InChI is InChI=1S/C22H25N9O13/c1-39-16(32)10-13(19(35)42-4)29(26-23-10)7-22(38,8-30-14(20(36)43-5)11(24-27-30)17(33)40-2)9-31-15(21(37)44-6)12(25-28-31)18(34)41-3/h38H,7-9H2,1-6H3. The second kappa shape index (κ2) is 13.5. The summed E-state index contributed by atoms with van der Waals surface area (Å²) in [6, 6.07) is 0. The maximum absolute atomic E-state index is 12.6. The third kappa shape index (κ3) is 6.33. The van der Waals surface area contributed by atoms with Crippen molar-refractivity contribution in [2.45, 2.75) is 25.2 Å². The van der Waals surface area contributed by atoms with Crippen LogP contribution in [0, 0.1) is 0 Å². The fourth-order valence-corrected chi connectivity index (χ4v) is 3.86. The van der Waals surface area contributed by atoms with Crippen molar-refractivity contribution >= 4 is 35.8 Å². The summed E-state index contributed by atoms with van der Waals surface area (Å²) in [5.41, 5.74) is -5.75. The highest BCUT2D eigenvalue weighted by atomic mass is 16.5. The summed E-state index contributed by atoms with van der Waals surface area (Å²) in [7, 11) is 6.08. The van der Waals surface area contributed by atoms with E-state index >= 15 is 0 Å². The number of aromatic nitrogens is 9. The van der Waals surface area contributed by atoms with Gasteiger partial charge in [0, 0.05) is 0 Å². The molecular formula is C22H25N9O13. The molecule has 0 aliphatic rings. The summed E-state index contributed by atoms with van der Waals surface area (Å²) in [5, 5.41) is 34.2. The number of hydrogen-bond donors (Lipinski definition) is 1. The molecule has 22 nitrogen and oxygen atoms in total. The Bertz CT molecular complexity index is 1420. The maximum Gasteiger partial charge on any atom is 0.361 e. The number of carbonyl (C=O) groups excluding carboxylic acids is 6. The molecule has 236 valence electrons. The van der Waals surface area contributed by atoms with Gasteiger partial charge in [-0.2, -0.15) is 0 Å². The van der Waals surface area contributed by atoms with Crippen LogP contribution in [-0.4, -0.2) is 134 Å². The van der Waals surface area contributed by atoms with E-state index in [0.29, 0.717) is 0 Å². The van der Waals surface area contributed by atoms with Gasteiger partial charge in [0.15, 0.2) is 17.1 Å². The Labute approximate surface area is 245 Å². The van der Waals surface area contributed by atoms with Crippen LogP contribution in [0.1, 0.15) is 62.9 Å². The molecule has 0 aromatic carbocycles. The number of nitrogens with zero attached hydrogens (tertiary/aromatic N) is 9. The largest absolute Gasteiger partial charge is 0.464 e. The van der Waals surface area contributed by atoms with E-state index in [9.17, 15) is 33.9 Å². The first kappa shape index (κ1) is 32.7. The number of carbonyl (C=O) groups is 6. The fraction of sp³-hybridized carbons (Fsp3) is 0.455. The second-order valence-electron chi connectivity index (χ2n) is 8.51. The van der Waals surface area contributed by atoms with Gasteiger partial charge in [-0.05, 0) is 0 Å². The predicted octanol–water partition coefficient (Wildman–Crippen LogP) is -2.69. The summed E-state index contributed by atoms with van der Waals surface area (Å²) in [6.07, 6.45) is 0. The number of esters is 6. The van der Waals surface area contributed by atoms with Crippen molar-refractivity contribution in [3.05, 3.63) is 34.2 Å².